The second-order valence-electron chi connectivity index (χ2n) is 3.93. The third-order valence-electron chi connectivity index (χ3n) is 2.40. The van der Waals surface area contributed by atoms with Crippen LogP contribution in [0.2, 0.25) is 0 Å². The number of nitrogens with one attached hydrogen (secondary N) is 1. The lowest BCUT2D eigenvalue weighted by Crippen LogP contribution is -2.33. The minimum atomic E-state index is -0.136. The van der Waals surface area contributed by atoms with Crippen LogP contribution < -0.4 is 11.1 Å². The minimum Gasteiger partial charge on any atom is -0.369 e. The normalized spacial score (nSPS) is 29.6. The molecule has 0 aromatic carbocycles. The summed E-state index contributed by atoms with van der Waals surface area (Å²) < 4.78 is 0. The molecule has 0 bridgehead atoms. The Morgan fingerprint density at radius 3 is 2.58 bits per heavy atom. The van der Waals surface area contributed by atoms with Gasteiger partial charge in [-0.2, -0.15) is 0 Å². The Morgan fingerprint density at radius 1 is 1.50 bits per heavy atom. The van der Waals surface area contributed by atoms with E-state index in [9.17, 15) is 4.79 Å². The molecule has 1 aliphatic rings. The lowest BCUT2D eigenvalue weighted by Gasteiger charge is -2.15. The first-order chi connectivity index (χ1) is 5.59. The fourth-order valence-electron chi connectivity index (χ4n) is 1.86. The highest BCUT2D eigenvalue weighted by atomic mass is 16.1. The summed E-state index contributed by atoms with van der Waals surface area (Å²) in [5, 5.41) is 3.42. The van der Waals surface area contributed by atoms with Crippen molar-refractivity contribution >= 4 is 5.91 Å². The van der Waals surface area contributed by atoms with Crippen LogP contribution in [0.25, 0.3) is 0 Å². The molecule has 0 spiro atoms. The Labute approximate surface area is 73.7 Å². The van der Waals surface area contributed by atoms with Crippen molar-refractivity contribution in [2.75, 3.05) is 0 Å². The number of nitrogens with two attached hydrogens (primary N) is 1. The zero-order chi connectivity index (χ0) is 9.14. The van der Waals surface area contributed by atoms with Crippen LogP contribution in [0.3, 0.4) is 0 Å². The van der Waals surface area contributed by atoms with Crippen LogP contribution in [0, 0.1) is 5.92 Å². The van der Waals surface area contributed by atoms with Gasteiger partial charge in [0.2, 0.25) is 5.91 Å². The van der Waals surface area contributed by atoms with E-state index in [4.69, 9.17) is 5.73 Å². The summed E-state index contributed by atoms with van der Waals surface area (Å²) in [5.74, 6) is -0.0238. The zero-order valence-electron chi connectivity index (χ0n) is 7.84. The molecule has 1 fully saturated rings. The van der Waals surface area contributed by atoms with Gasteiger partial charge in [0.15, 0.2) is 0 Å². The standard InChI is InChI=1S/C9H18N2O/c1-6(2)11-8-4-3-7(5-8)9(10)12/h6-8,11H,3-5H2,1-2H3,(H2,10,12)/t7-,8+/m1/s1. The molecular formula is C9H18N2O. The van der Waals surface area contributed by atoms with Crippen LogP contribution in [0.15, 0.2) is 0 Å². The summed E-state index contributed by atoms with van der Waals surface area (Å²) in [5.41, 5.74) is 5.22. The Kier molecular flexibility index (Phi) is 3.09. The first-order valence-corrected chi connectivity index (χ1v) is 4.65. The largest absolute Gasteiger partial charge is 0.369 e. The van der Waals surface area contributed by atoms with Crippen molar-refractivity contribution < 1.29 is 4.79 Å². The number of carbonyl (C=O) groups is 1. The molecule has 3 N–H and O–H groups in total. The van der Waals surface area contributed by atoms with Crippen molar-refractivity contribution in [2.45, 2.75) is 45.2 Å². The second-order valence-corrected chi connectivity index (χ2v) is 3.93. The maximum absolute atomic E-state index is 10.8. The summed E-state index contributed by atoms with van der Waals surface area (Å²) in [7, 11) is 0. The van der Waals surface area contributed by atoms with E-state index in [1.165, 1.54) is 0 Å². The molecule has 0 aromatic heterocycles. The summed E-state index contributed by atoms with van der Waals surface area (Å²) in [4.78, 5) is 10.8. The average molecular weight is 170 g/mol. The maximum atomic E-state index is 10.8. The van der Waals surface area contributed by atoms with Gasteiger partial charge in [-0.1, -0.05) is 13.8 Å². The maximum Gasteiger partial charge on any atom is 0.220 e. The van der Waals surface area contributed by atoms with Gasteiger partial charge in [0.25, 0.3) is 0 Å². The van der Waals surface area contributed by atoms with Crippen LogP contribution in [0.4, 0.5) is 0 Å². The highest BCUT2D eigenvalue weighted by molar-refractivity contribution is 5.76. The first kappa shape index (κ1) is 9.52. The van der Waals surface area contributed by atoms with Crippen LogP contribution in [-0.2, 0) is 4.79 Å². The van der Waals surface area contributed by atoms with Crippen molar-refractivity contribution in [2.24, 2.45) is 11.7 Å². The third kappa shape index (κ3) is 2.48. The second kappa shape index (κ2) is 3.90. The quantitative estimate of drug-likeness (QED) is 0.653. The monoisotopic (exact) mass is 170 g/mol. The Hall–Kier alpha value is -0.570. The van der Waals surface area contributed by atoms with Gasteiger partial charge in [0, 0.05) is 18.0 Å². The molecular weight excluding hydrogens is 152 g/mol. The number of carbonyl (C=O) groups excluding carboxylic acids is 1. The van der Waals surface area contributed by atoms with Crippen LogP contribution in [-0.4, -0.2) is 18.0 Å². The van der Waals surface area contributed by atoms with Crippen molar-refractivity contribution in [3.63, 3.8) is 0 Å². The van der Waals surface area contributed by atoms with E-state index in [0.717, 1.165) is 19.3 Å². The molecule has 3 heteroatoms. The molecule has 0 unspecified atom stereocenters. The summed E-state index contributed by atoms with van der Waals surface area (Å²) in [6.07, 6.45) is 2.97. The molecule has 0 radical (unpaired) electrons. The van der Waals surface area contributed by atoms with E-state index >= 15 is 0 Å². The molecule has 1 rings (SSSR count). The molecule has 0 aromatic rings. The van der Waals surface area contributed by atoms with E-state index in [1.807, 2.05) is 0 Å². The van der Waals surface area contributed by atoms with Gasteiger partial charge < -0.3 is 11.1 Å². The van der Waals surface area contributed by atoms with E-state index in [-0.39, 0.29) is 11.8 Å². The molecule has 1 aliphatic carbocycles. The first-order valence-electron chi connectivity index (χ1n) is 4.65. The smallest absolute Gasteiger partial charge is 0.220 e. The molecule has 3 nitrogen and oxygen atoms in total. The summed E-state index contributed by atoms with van der Waals surface area (Å²) >= 11 is 0. The number of hydrogen-bond donors (Lipinski definition) is 2. The SMILES string of the molecule is CC(C)N[C@H]1CC[C@@H](C(N)=O)C1. The predicted molar refractivity (Wildman–Crippen MR) is 48.6 cm³/mol. The molecule has 0 heterocycles. The molecule has 12 heavy (non-hydrogen) atoms. The average Bonchev–Trinajstić information content (AvgIpc) is 2.34. The number of rotatable bonds is 3. The number of amides is 1. The van der Waals surface area contributed by atoms with Crippen LogP contribution in [0.5, 0.6) is 0 Å². The lowest BCUT2D eigenvalue weighted by molar-refractivity contribution is -0.121. The molecule has 2 atom stereocenters. The Morgan fingerprint density at radius 2 is 2.17 bits per heavy atom. The van der Waals surface area contributed by atoms with Crippen molar-refractivity contribution in [1.29, 1.82) is 0 Å². The Bertz CT molecular complexity index is 168. The van der Waals surface area contributed by atoms with Gasteiger partial charge in [-0.3, -0.25) is 4.79 Å². The van der Waals surface area contributed by atoms with Gasteiger partial charge in [0.05, 0.1) is 0 Å². The lowest BCUT2D eigenvalue weighted by atomic mass is 10.1. The molecule has 0 aliphatic heterocycles. The highest BCUT2D eigenvalue weighted by Gasteiger charge is 2.28. The van der Waals surface area contributed by atoms with Gasteiger partial charge in [-0.15, -0.1) is 0 Å². The molecule has 1 amide bonds. The van der Waals surface area contributed by atoms with Crippen LogP contribution in [0.1, 0.15) is 33.1 Å². The van der Waals surface area contributed by atoms with Crippen molar-refractivity contribution in [1.82, 2.24) is 5.32 Å². The van der Waals surface area contributed by atoms with Crippen LogP contribution >= 0.6 is 0 Å². The molecule has 1 saturated carbocycles. The van der Waals surface area contributed by atoms with Gasteiger partial charge in [-0.25, -0.2) is 0 Å². The van der Waals surface area contributed by atoms with Gasteiger partial charge >= 0.3 is 0 Å². The van der Waals surface area contributed by atoms with E-state index in [0.29, 0.717) is 12.1 Å². The summed E-state index contributed by atoms with van der Waals surface area (Å²) in [6.45, 7) is 4.25. The highest BCUT2D eigenvalue weighted by Crippen LogP contribution is 2.25. The predicted octanol–water partition coefficient (Wildman–Crippen LogP) is 0.638. The van der Waals surface area contributed by atoms with Gasteiger partial charge in [0.1, 0.15) is 0 Å². The summed E-state index contributed by atoms with van der Waals surface area (Å²) in [6, 6.07) is 1.00. The molecule has 70 valence electrons. The Balaban J connectivity index is 2.30. The van der Waals surface area contributed by atoms with E-state index in [2.05, 4.69) is 19.2 Å². The fraction of sp³-hybridized carbons (Fsp3) is 0.889. The van der Waals surface area contributed by atoms with Crippen molar-refractivity contribution in [3.05, 3.63) is 0 Å². The minimum absolute atomic E-state index is 0.112. The fourth-order valence-corrected chi connectivity index (χ4v) is 1.86. The van der Waals surface area contributed by atoms with E-state index < -0.39 is 0 Å². The number of hydrogen-bond acceptors (Lipinski definition) is 2. The van der Waals surface area contributed by atoms with Crippen molar-refractivity contribution in [3.8, 4) is 0 Å². The van der Waals surface area contributed by atoms with E-state index in [1.54, 1.807) is 0 Å². The topological polar surface area (TPSA) is 55.1 Å². The zero-order valence-corrected chi connectivity index (χ0v) is 7.84. The molecule has 0 saturated heterocycles. The number of primary amides is 1. The third-order valence-corrected chi connectivity index (χ3v) is 2.40. The van der Waals surface area contributed by atoms with Gasteiger partial charge in [-0.05, 0) is 19.3 Å².